The van der Waals surface area contributed by atoms with Crippen molar-refractivity contribution >= 4 is 5.96 Å². The molecule has 0 aliphatic carbocycles. The molecular formula is C22H28F3N3O2. The summed E-state index contributed by atoms with van der Waals surface area (Å²) in [6.07, 6.45) is -4.98. The Labute approximate surface area is 175 Å². The number of rotatable bonds is 9. The van der Waals surface area contributed by atoms with Crippen LogP contribution in [0.3, 0.4) is 0 Å². The first-order valence-corrected chi connectivity index (χ1v) is 9.76. The second kappa shape index (κ2) is 11.6. The number of alkyl halides is 3. The van der Waals surface area contributed by atoms with Crippen LogP contribution in [0.2, 0.25) is 0 Å². The Kier molecular flexibility index (Phi) is 9.14. The van der Waals surface area contributed by atoms with Crippen LogP contribution in [0.25, 0.3) is 0 Å². The fourth-order valence-corrected chi connectivity index (χ4v) is 2.64. The van der Waals surface area contributed by atoms with Crippen LogP contribution in [0, 0.1) is 6.92 Å². The molecule has 0 aliphatic rings. The maximum atomic E-state index is 12.1. The molecule has 1 atom stereocenters. The third-order valence-corrected chi connectivity index (χ3v) is 4.25. The number of aliphatic hydroxyl groups excluding tert-OH is 1. The summed E-state index contributed by atoms with van der Waals surface area (Å²) < 4.78 is 41.0. The first-order valence-electron chi connectivity index (χ1n) is 9.76. The van der Waals surface area contributed by atoms with E-state index in [0.717, 1.165) is 16.7 Å². The molecule has 0 amide bonds. The molecule has 0 aliphatic heterocycles. The highest BCUT2D eigenvalue weighted by atomic mass is 19.4. The predicted molar refractivity (Wildman–Crippen MR) is 111 cm³/mol. The molecule has 0 spiro atoms. The van der Waals surface area contributed by atoms with Gasteiger partial charge in [-0.1, -0.05) is 54.1 Å². The van der Waals surface area contributed by atoms with Crippen LogP contribution in [-0.2, 0) is 17.9 Å². The quantitative estimate of drug-likeness (QED) is 0.423. The lowest BCUT2D eigenvalue weighted by molar-refractivity contribution is -0.176. The van der Waals surface area contributed by atoms with E-state index in [2.05, 4.69) is 20.4 Å². The number of hydrogen-bond acceptors (Lipinski definition) is 3. The summed E-state index contributed by atoms with van der Waals surface area (Å²) in [6, 6.07) is 14.8. The minimum absolute atomic E-state index is 0.0931. The third-order valence-electron chi connectivity index (χ3n) is 4.25. The van der Waals surface area contributed by atoms with E-state index in [9.17, 15) is 18.3 Å². The van der Waals surface area contributed by atoms with Crippen LogP contribution in [0.15, 0.2) is 53.5 Å². The summed E-state index contributed by atoms with van der Waals surface area (Å²) in [5.41, 5.74) is 3.53. The molecule has 8 heteroatoms. The van der Waals surface area contributed by atoms with Gasteiger partial charge in [-0.05, 0) is 30.5 Å². The minimum atomic E-state index is -4.32. The van der Waals surface area contributed by atoms with Crippen LogP contribution >= 0.6 is 0 Å². The number of aliphatic imine (C=N–C) groups is 1. The van der Waals surface area contributed by atoms with Crippen LogP contribution in [0.5, 0.6) is 0 Å². The van der Waals surface area contributed by atoms with E-state index in [-0.39, 0.29) is 6.61 Å². The number of guanidine groups is 1. The molecule has 0 aromatic heterocycles. The smallest absolute Gasteiger partial charge is 0.387 e. The predicted octanol–water partition coefficient (Wildman–Crippen LogP) is 3.86. The molecule has 30 heavy (non-hydrogen) atoms. The fraction of sp³-hybridized carbons (Fsp3) is 0.409. The number of nitrogens with one attached hydrogen (secondary N) is 2. The van der Waals surface area contributed by atoms with Crippen molar-refractivity contribution in [1.29, 1.82) is 0 Å². The Morgan fingerprint density at radius 3 is 2.27 bits per heavy atom. The molecule has 0 bridgehead atoms. The van der Waals surface area contributed by atoms with Gasteiger partial charge in [0.2, 0.25) is 0 Å². The molecule has 0 saturated carbocycles. The first kappa shape index (κ1) is 23.7. The molecule has 5 nitrogen and oxygen atoms in total. The summed E-state index contributed by atoms with van der Waals surface area (Å²) in [6.45, 7) is 3.96. The largest absolute Gasteiger partial charge is 0.411 e. The fourth-order valence-electron chi connectivity index (χ4n) is 2.64. The Balaban J connectivity index is 1.86. The highest BCUT2D eigenvalue weighted by Gasteiger charge is 2.27. The molecule has 0 saturated heterocycles. The van der Waals surface area contributed by atoms with Gasteiger partial charge in [0.15, 0.2) is 5.96 Å². The maximum absolute atomic E-state index is 12.1. The average Bonchev–Trinajstić information content (AvgIpc) is 2.70. The lowest BCUT2D eigenvalue weighted by Crippen LogP contribution is -2.39. The normalized spacial score (nSPS) is 13.2. The molecule has 2 aromatic carbocycles. The molecule has 2 aromatic rings. The highest BCUT2D eigenvalue weighted by molar-refractivity contribution is 5.79. The van der Waals surface area contributed by atoms with Gasteiger partial charge in [-0.3, -0.25) is 0 Å². The number of benzene rings is 2. The Bertz CT molecular complexity index is 791. The Morgan fingerprint density at radius 2 is 1.67 bits per heavy atom. The lowest BCUT2D eigenvalue weighted by atomic mass is 10.1. The van der Waals surface area contributed by atoms with Crippen molar-refractivity contribution in [2.75, 3.05) is 19.7 Å². The van der Waals surface area contributed by atoms with Crippen LogP contribution in [-0.4, -0.2) is 36.9 Å². The summed E-state index contributed by atoms with van der Waals surface area (Å²) in [5, 5.41) is 16.6. The Morgan fingerprint density at radius 1 is 1.03 bits per heavy atom. The summed E-state index contributed by atoms with van der Waals surface area (Å²) in [4.78, 5) is 4.49. The van der Waals surface area contributed by atoms with Gasteiger partial charge >= 0.3 is 6.18 Å². The monoisotopic (exact) mass is 423 g/mol. The van der Waals surface area contributed by atoms with Crippen LogP contribution in [0.1, 0.15) is 35.3 Å². The standard InChI is InChI=1S/C22H28F3N3O2/c1-3-26-21(28-13-20(29)19-10-4-16(2)5-11-19)27-12-17-6-8-18(9-7-17)14-30-15-22(23,24)25/h4-11,20,29H,3,12-15H2,1-2H3,(H2,26,27,28). The van der Waals surface area contributed by atoms with Crippen molar-refractivity contribution in [1.82, 2.24) is 10.6 Å². The first-order chi connectivity index (χ1) is 14.3. The third kappa shape index (κ3) is 8.84. The topological polar surface area (TPSA) is 65.9 Å². The number of aliphatic hydroxyl groups is 1. The van der Waals surface area contributed by atoms with E-state index in [1.807, 2.05) is 38.1 Å². The zero-order valence-corrected chi connectivity index (χ0v) is 17.2. The molecule has 0 radical (unpaired) electrons. The van der Waals surface area contributed by atoms with Gasteiger partial charge in [0.05, 0.1) is 19.3 Å². The van der Waals surface area contributed by atoms with Crippen LogP contribution < -0.4 is 10.6 Å². The van der Waals surface area contributed by atoms with Crippen molar-refractivity contribution in [2.24, 2.45) is 4.99 Å². The van der Waals surface area contributed by atoms with Crippen LogP contribution in [0.4, 0.5) is 13.2 Å². The molecule has 0 heterocycles. The summed E-state index contributed by atoms with van der Waals surface area (Å²) in [7, 11) is 0. The zero-order valence-electron chi connectivity index (χ0n) is 17.2. The van der Waals surface area contributed by atoms with Gasteiger partial charge in [-0.15, -0.1) is 0 Å². The summed E-state index contributed by atoms with van der Waals surface area (Å²) in [5.74, 6) is 0.571. The molecule has 1 unspecified atom stereocenters. The molecule has 3 N–H and O–H groups in total. The minimum Gasteiger partial charge on any atom is -0.387 e. The van der Waals surface area contributed by atoms with Crippen molar-refractivity contribution in [3.05, 3.63) is 70.8 Å². The van der Waals surface area contributed by atoms with Crippen molar-refractivity contribution in [3.63, 3.8) is 0 Å². The second-order valence-electron chi connectivity index (χ2n) is 6.93. The van der Waals surface area contributed by atoms with Gasteiger partial charge in [0.25, 0.3) is 0 Å². The van der Waals surface area contributed by atoms with Crippen molar-refractivity contribution in [2.45, 2.75) is 39.3 Å². The van der Waals surface area contributed by atoms with Crippen molar-refractivity contribution in [3.8, 4) is 0 Å². The number of ether oxygens (including phenoxy) is 1. The van der Waals surface area contributed by atoms with E-state index < -0.39 is 18.9 Å². The number of halogens is 3. The number of aryl methyl sites for hydroxylation is 1. The Hall–Kier alpha value is -2.58. The lowest BCUT2D eigenvalue weighted by Gasteiger charge is -2.16. The summed E-state index contributed by atoms with van der Waals surface area (Å²) >= 11 is 0. The highest BCUT2D eigenvalue weighted by Crippen LogP contribution is 2.16. The van der Waals surface area contributed by atoms with E-state index >= 15 is 0 Å². The van der Waals surface area contributed by atoms with Gasteiger partial charge in [0, 0.05) is 13.1 Å². The molecule has 164 valence electrons. The van der Waals surface area contributed by atoms with E-state index in [1.165, 1.54) is 0 Å². The van der Waals surface area contributed by atoms with Gasteiger partial charge in [-0.25, -0.2) is 4.99 Å². The molecule has 2 rings (SSSR count). The van der Waals surface area contributed by atoms with E-state index in [4.69, 9.17) is 0 Å². The van der Waals surface area contributed by atoms with Gasteiger partial charge in [-0.2, -0.15) is 13.2 Å². The van der Waals surface area contributed by atoms with E-state index in [0.29, 0.717) is 31.2 Å². The molecule has 0 fully saturated rings. The zero-order chi connectivity index (χ0) is 22.0. The average molecular weight is 423 g/mol. The van der Waals surface area contributed by atoms with E-state index in [1.54, 1.807) is 24.3 Å². The molecular weight excluding hydrogens is 395 g/mol. The SMILES string of the molecule is CCNC(=NCc1ccc(COCC(F)(F)F)cc1)NCC(O)c1ccc(C)cc1. The van der Waals surface area contributed by atoms with Crippen molar-refractivity contribution < 1.29 is 23.0 Å². The maximum Gasteiger partial charge on any atom is 0.411 e. The number of nitrogens with zero attached hydrogens (tertiary/aromatic N) is 1. The van der Waals surface area contributed by atoms with Gasteiger partial charge in [0.1, 0.15) is 6.61 Å². The second-order valence-corrected chi connectivity index (χ2v) is 6.93. The number of hydrogen-bond donors (Lipinski definition) is 3. The van der Waals surface area contributed by atoms with Gasteiger partial charge < -0.3 is 20.5 Å².